The van der Waals surface area contributed by atoms with Gasteiger partial charge in [-0.05, 0) is 24.1 Å². The highest BCUT2D eigenvalue weighted by molar-refractivity contribution is 6.03. The number of nitrogens with one attached hydrogen (secondary N) is 1. The smallest absolute Gasteiger partial charge is 0.337 e. The largest absolute Gasteiger partial charge is 0.478 e. The molecule has 2 N–H and O–H groups in total. The van der Waals surface area contributed by atoms with Crippen molar-refractivity contribution in [2.24, 2.45) is 0 Å². The van der Waals surface area contributed by atoms with Crippen LogP contribution in [0.5, 0.6) is 0 Å². The fourth-order valence-electron chi connectivity index (χ4n) is 2.58. The van der Waals surface area contributed by atoms with Crippen molar-refractivity contribution in [2.45, 2.75) is 18.8 Å². The van der Waals surface area contributed by atoms with Crippen molar-refractivity contribution in [1.82, 2.24) is 10.3 Å². The number of rotatable bonds is 2. The molecular weight excluding hydrogens is 272 g/mol. The normalized spacial score (nSPS) is 18.6. The van der Waals surface area contributed by atoms with Gasteiger partial charge in [-0.3, -0.25) is 19.9 Å². The Hall–Kier alpha value is -2.76. The van der Waals surface area contributed by atoms with Crippen LogP contribution in [0.25, 0.3) is 10.9 Å². The Kier molecular flexibility index (Phi) is 3.13. The number of amides is 2. The fraction of sp³-hybridized carbons (Fsp3) is 0.200. The maximum absolute atomic E-state index is 12.0. The molecule has 0 spiro atoms. The van der Waals surface area contributed by atoms with Gasteiger partial charge in [0, 0.05) is 18.0 Å². The number of carboxylic acids is 1. The second-order valence-corrected chi connectivity index (χ2v) is 4.95. The molecule has 0 aliphatic carbocycles. The Labute approximate surface area is 119 Å². The zero-order chi connectivity index (χ0) is 15.0. The molecule has 2 aromatic rings. The lowest BCUT2D eigenvalue weighted by Crippen LogP contribution is -2.39. The van der Waals surface area contributed by atoms with Gasteiger partial charge in [0.25, 0.3) is 0 Å². The van der Waals surface area contributed by atoms with E-state index >= 15 is 0 Å². The van der Waals surface area contributed by atoms with E-state index in [2.05, 4.69) is 10.3 Å². The monoisotopic (exact) mass is 284 g/mol. The van der Waals surface area contributed by atoms with Crippen LogP contribution < -0.4 is 5.32 Å². The molecule has 6 nitrogen and oxygen atoms in total. The van der Waals surface area contributed by atoms with E-state index in [-0.39, 0.29) is 23.8 Å². The molecule has 1 unspecified atom stereocenters. The highest BCUT2D eigenvalue weighted by Crippen LogP contribution is 2.30. The summed E-state index contributed by atoms with van der Waals surface area (Å²) in [5, 5.41) is 12.0. The van der Waals surface area contributed by atoms with Gasteiger partial charge in [0.15, 0.2) is 0 Å². The average molecular weight is 284 g/mol. The molecule has 1 fully saturated rings. The van der Waals surface area contributed by atoms with Crippen LogP contribution in [0, 0.1) is 0 Å². The van der Waals surface area contributed by atoms with Crippen LogP contribution in [-0.2, 0) is 9.59 Å². The number of nitrogens with zero attached hydrogens (tertiary/aromatic N) is 1. The number of pyridine rings is 1. The Balaban J connectivity index is 2.13. The highest BCUT2D eigenvalue weighted by atomic mass is 16.4. The molecule has 106 valence electrons. The third kappa shape index (κ3) is 2.35. The van der Waals surface area contributed by atoms with Crippen LogP contribution in [0.15, 0.2) is 30.5 Å². The minimum atomic E-state index is -1.07. The summed E-state index contributed by atoms with van der Waals surface area (Å²) in [5.74, 6) is -2.15. The lowest BCUT2D eigenvalue weighted by Gasteiger charge is -2.22. The van der Waals surface area contributed by atoms with Gasteiger partial charge in [0.1, 0.15) is 0 Å². The molecule has 0 bridgehead atoms. The standard InChI is InChI=1S/C15H12N2O4/c18-13-5-4-10(14(19)17-13)9-2-1-3-12-11(9)6-8(7-16-12)15(20)21/h1-3,6-7,10H,4-5H2,(H,20,21)(H,17,18,19). The Morgan fingerprint density at radius 3 is 2.86 bits per heavy atom. The van der Waals surface area contributed by atoms with Crippen molar-refractivity contribution >= 4 is 28.7 Å². The lowest BCUT2D eigenvalue weighted by molar-refractivity contribution is -0.134. The summed E-state index contributed by atoms with van der Waals surface area (Å²) in [6, 6.07) is 6.82. The number of imide groups is 1. The number of hydrogen-bond donors (Lipinski definition) is 2. The second kappa shape index (κ2) is 4.97. The van der Waals surface area contributed by atoms with Crippen molar-refractivity contribution in [3.63, 3.8) is 0 Å². The number of fused-ring (bicyclic) bond motifs is 1. The van der Waals surface area contributed by atoms with Gasteiger partial charge in [0.05, 0.1) is 17.0 Å². The SMILES string of the molecule is O=C1CCC(c2cccc3ncc(C(=O)O)cc23)C(=O)N1. The summed E-state index contributed by atoms with van der Waals surface area (Å²) < 4.78 is 0. The van der Waals surface area contributed by atoms with Gasteiger partial charge in [-0.25, -0.2) is 4.79 Å². The second-order valence-electron chi connectivity index (χ2n) is 4.95. The van der Waals surface area contributed by atoms with Crippen molar-refractivity contribution in [3.05, 3.63) is 41.6 Å². The molecule has 1 aliphatic heterocycles. The number of carbonyl (C=O) groups excluding carboxylic acids is 2. The van der Waals surface area contributed by atoms with Gasteiger partial charge in [-0.15, -0.1) is 0 Å². The molecule has 3 rings (SSSR count). The number of benzene rings is 1. The molecular formula is C15H12N2O4. The van der Waals surface area contributed by atoms with Crippen molar-refractivity contribution < 1.29 is 19.5 Å². The molecule has 1 saturated heterocycles. The summed E-state index contributed by atoms with van der Waals surface area (Å²) in [6.45, 7) is 0. The van der Waals surface area contributed by atoms with Crippen LogP contribution in [0.4, 0.5) is 0 Å². The van der Waals surface area contributed by atoms with Gasteiger partial charge >= 0.3 is 5.97 Å². The molecule has 2 amide bonds. The highest BCUT2D eigenvalue weighted by Gasteiger charge is 2.29. The van der Waals surface area contributed by atoms with Crippen LogP contribution in [0.3, 0.4) is 0 Å². The third-order valence-corrected chi connectivity index (χ3v) is 3.62. The molecule has 2 heterocycles. The van der Waals surface area contributed by atoms with E-state index < -0.39 is 11.9 Å². The van der Waals surface area contributed by atoms with Gasteiger partial charge in [-0.1, -0.05) is 12.1 Å². The number of carbonyl (C=O) groups is 3. The first-order valence-electron chi connectivity index (χ1n) is 6.52. The number of hydrogen-bond acceptors (Lipinski definition) is 4. The summed E-state index contributed by atoms with van der Waals surface area (Å²) in [6.07, 6.45) is 1.98. The number of aromatic nitrogens is 1. The van der Waals surface area contributed by atoms with Crippen molar-refractivity contribution in [1.29, 1.82) is 0 Å². The molecule has 1 aliphatic rings. The molecule has 0 saturated carbocycles. The van der Waals surface area contributed by atoms with E-state index in [0.717, 1.165) is 0 Å². The predicted octanol–water partition coefficient (Wildman–Crippen LogP) is 1.45. The minimum absolute atomic E-state index is 0.0715. The summed E-state index contributed by atoms with van der Waals surface area (Å²) >= 11 is 0. The van der Waals surface area contributed by atoms with Gasteiger partial charge in [0.2, 0.25) is 11.8 Å². The summed E-state index contributed by atoms with van der Waals surface area (Å²) in [5.41, 5.74) is 1.40. The average Bonchev–Trinajstić information content (AvgIpc) is 2.46. The zero-order valence-electron chi connectivity index (χ0n) is 11.0. The first kappa shape index (κ1) is 13.2. The van der Waals surface area contributed by atoms with Crippen molar-refractivity contribution in [3.8, 4) is 0 Å². The van der Waals surface area contributed by atoms with Crippen molar-refractivity contribution in [2.75, 3.05) is 0 Å². The molecule has 0 radical (unpaired) electrons. The number of carboxylic acid groups (broad SMARTS) is 1. The number of piperidine rings is 1. The maximum atomic E-state index is 12.0. The van der Waals surface area contributed by atoms with Crippen LogP contribution in [-0.4, -0.2) is 27.9 Å². The van der Waals surface area contributed by atoms with Crippen LogP contribution >= 0.6 is 0 Å². The molecule has 21 heavy (non-hydrogen) atoms. The maximum Gasteiger partial charge on any atom is 0.337 e. The van der Waals surface area contributed by atoms with Crippen LogP contribution in [0.2, 0.25) is 0 Å². The van der Waals surface area contributed by atoms with Gasteiger partial charge < -0.3 is 5.11 Å². The third-order valence-electron chi connectivity index (χ3n) is 3.62. The van der Waals surface area contributed by atoms with E-state index in [1.54, 1.807) is 18.2 Å². The first-order valence-corrected chi connectivity index (χ1v) is 6.52. The predicted molar refractivity (Wildman–Crippen MR) is 73.8 cm³/mol. The fourth-order valence-corrected chi connectivity index (χ4v) is 2.58. The topological polar surface area (TPSA) is 96.4 Å². The molecule has 1 aromatic carbocycles. The van der Waals surface area contributed by atoms with Crippen LogP contribution in [0.1, 0.15) is 34.7 Å². The number of aromatic carboxylic acids is 1. The zero-order valence-corrected chi connectivity index (χ0v) is 11.0. The Morgan fingerprint density at radius 2 is 2.14 bits per heavy atom. The first-order chi connectivity index (χ1) is 10.1. The van der Waals surface area contributed by atoms with E-state index in [0.29, 0.717) is 22.9 Å². The van der Waals surface area contributed by atoms with Gasteiger partial charge in [-0.2, -0.15) is 0 Å². The molecule has 1 aromatic heterocycles. The van der Waals surface area contributed by atoms with E-state index in [1.165, 1.54) is 12.3 Å². The van der Waals surface area contributed by atoms with E-state index in [9.17, 15) is 14.4 Å². The quantitative estimate of drug-likeness (QED) is 0.814. The molecule has 1 atom stereocenters. The van der Waals surface area contributed by atoms with E-state index in [4.69, 9.17) is 5.11 Å². The summed E-state index contributed by atoms with van der Waals surface area (Å²) in [7, 11) is 0. The molecule has 6 heteroatoms. The summed E-state index contributed by atoms with van der Waals surface area (Å²) in [4.78, 5) is 38.4. The Bertz CT molecular complexity index is 769. The van der Waals surface area contributed by atoms with E-state index in [1.807, 2.05) is 0 Å². The lowest BCUT2D eigenvalue weighted by atomic mass is 9.88. The Morgan fingerprint density at radius 1 is 1.33 bits per heavy atom. The minimum Gasteiger partial charge on any atom is -0.478 e.